The summed E-state index contributed by atoms with van der Waals surface area (Å²) in [4.78, 5) is 26.5. The zero-order valence-electron chi connectivity index (χ0n) is 14.0. The molecule has 1 N–H and O–H groups in total. The van der Waals surface area contributed by atoms with E-state index in [1.807, 2.05) is 38.1 Å². The number of aryl methyl sites for hydroxylation is 2. The van der Waals surface area contributed by atoms with E-state index in [-0.39, 0.29) is 0 Å². The van der Waals surface area contributed by atoms with Gasteiger partial charge in [0, 0.05) is 14.6 Å². The lowest BCUT2D eigenvalue weighted by molar-refractivity contribution is 0.0694. The van der Waals surface area contributed by atoms with Gasteiger partial charge in [-0.2, -0.15) is 0 Å². The molecule has 0 atom stereocenters. The number of carbonyl (C=O) groups excluding carboxylic acids is 1. The van der Waals surface area contributed by atoms with E-state index in [1.54, 1.807) is 11.3 Å². The van der Waals surface area contributed by atoms with Gasteiger partial charge in [-0.1, -0.05) is 13.8 Å². The highest BCUT2D eigenvalue weighted by Crippen LogP contribution is 2.38. The van der Waals surface area contributed by atoms with Gasteiger partial charge in [-0.05, 0) is 65.9 Å². The van der Waals surface area contributed by atoms with E-state index in [2.05, 4.69) is 12.1 Å². The van der Waals surface area contributed by atoms with Gasteiger partial charge in [0.15, 0.2) is 6.29 Å². The van der Waals surface area contributed by atoms with Gasteiger partial charge in [0.1, 0.15) is 0 Å². The van der Waals surface area contributed by atoms with Gasteiger partial charge in [0.05, 0.1) is 10.4 Å². The van der Waals surface area contributed by atoms with Crippen molar-refractivity contribution in [3.63, 3.8) is 0 Å². The monoisotopic (exact) mass is 370 g/mol. The Kier molecular flexibility index (Phi) is 5.16. The first-order chi connectivity index (χ1) is 12.1. The van der Waals surface area contributed by atoms with E-state index in [0.717, 1.165) is 42.5 Å². The van der Waals surface area contributed by atoms with Gasteiger partial charge in [-0.25, -0.2) is 4.79 Å². The molecule has 3 nitrogen and oxygen atoms in total. The molecular formula is C20H18O3S2. The molecule has 0 saturated heterocycles. The summed E-state index contributed by atoms with van der Waals surface area (Å²) in [6, 6.07) is 11.9. The molecule has 5 heteroatoms. The maximum Gasteiger partial charge on any atom is 0.336 e. The highest BCUT2D eigenvalue weighted by atomic mass is 32.1. The van der Waals surface area contributed by atoms with Gasteiger partial charge in [0.25, 0.3) is 0 Å². The molecule has 2 aromatic heterocycles. The van der Waals surface area contributed by atoms with Crippen molar-refractivity contribution < 1.29 is 14.7 Å². The Balaban J connectivity index is 2.05. The van der Waals surface area contributed by atoms with Gasteiger partial charge in [-0.3, -0.25) is 4.79 Å². The fourth-order valence-electron chi connectivity index (χ4n) is 2.92. The van der Waals surface area contributed by atoms with Crippen molar-refractivity contribution >= 4 is 34.9 Å². The fraction of sp³-hybridized carbons (Fsp3) is 0.200. The Morgan fingerprint density at radius 2 is 1.52 bits per heavy atom. The molecule has 0 fully saturated rings. The average molecular weight is 370 g/mol. The van der Waals surface area contributed by atoms with Crippen molar-refractivity contribution in [3.8, 4) is 20.2 Å². The third kappa shape index (κ3) is 3.43. The van der Waals surface area contributed by atoms with E-state index >= 15 is 0 Å². The molecule has 2 heterocycles. The predicted octanol–water partition coefficient (Wildman–Crippen LogP) is 5.78. The summed E-state index contributed by atoms with van der Waals surface area (Å²) in [5, 5.41) is 9.52. The SMILES string of the molecule is CCc1cc(-c2ccc(-c3ccc(C=O)s3)s2)cc(CC)c1C(=O)O. The lowest BCUT2D eigenvalue weighted by Crippen LogP contribution is -2.07. The summed E-state index contributed by atoms with van der Waals surface area (Å²) < 4.78 is 0. The van der Waals surface area contributed by atoms with Crippen molar-refractivity contribution in [2.24, 2.45) is 0 Å². The smallest absolute Gasteiger partial charge is 0.336 e. The van der Waals surface area contributed by atoms with Crippen molar-refractivity contribution in [3.05, 3.63) is 58.0 Å². The first-order valence-corrected chi connectivity index (χ1v) is 9.75. The first-order valence-electron chi connectivity index (χ1n) is 8.12. The zero-order chi connectivity index (χ0) is 18.0. The number of thiophene rings is 2. The maximum absolute atomic E-state index is 11.6. The molecule has 128 valence electrons. The number of aldehydes is 1. The topological polar surface area (TPSA) is 54.4 Å². The Bertz CT molecular complexity index is 909. The minimum Gasteiger partial charge on any atom is -0.478 e. The third-order valence-corrected chi connectivity index (χ3v) is 6.49. The van der Waals surface area contributed by atoms with E-state index in [9.17, 15) is 14.7 Å². The van der Waals surface area contributed by atoms with Crippen LogP contribution in [0.2, 0.25) is 0 Å². The summed E-state index contributed by atoms with van der Waals surface area (Å²) >= 11 is 3.14. The molecular weight excluding hydrogens is 352 g/mol. The molecule has 0 spiro atoms. The van der Waals surface area contributed by atoms with Crippen LogP contribution in [0, 0.1) is 0 Å². The second kappa shape index (κ2) is 7.33. The minimum atomic E-state index is -0.855. The van der Waals surface area contributed by atoms with E-state index < -0.39 is 5.97 Å². The number of carboxylic acids is 1. The summed E-state index contributed by atoms with van der Waals surface area (Å²) in [6.07, 6.45) is 2.25. The van der Waals surface area contributed by atoms with Crippen LogP contribution in [-0.4, -0.2) is 17.4 Å². The third-order valence-electron chi connectivity index (χ3n) is 4.15. The van der Waals surface area contributed by atoms with Crippen LogP contribution in [0.5, 0.6) is 0 Å². The molecule has 0 unspecified atom stereocenters. The van der Waals surface area contributed by atoms with Crippen LogP contribution in [0.1, 0.15) is 45.0 Å². The molecule has 1 aromatic carbocycles. The highest BCUT2D eigenvalue weighted by Gasteiger charge is 2.17. The van der Waals surface area contributed by atoms with Gasteiger partial charge in [0.2, 0.25) is 0 Å². The number of carbonyl (C=O) groups is 2. The lowest BCUT2D eigenvalue weighted by Gasteiger charge is -2.12. The average Bonchev–Trinajstić information content (AvgIpc) is 3.29. The quantitative estimate of drug-likeness (QED) is 0.560. The van der Waals surface area contributed by atoms with Gasteiger partial charge >= 0.3 is 5.97 Å². The van der Waals surface area contributed by atoms with Crippen molar-refractivity contribution in [1.82, 2.24) is 0 Å². The Labute approximate surface area is 154 Å². The molecule has 3 rings (SSSR count). The Hall–Kier alpha value is -2.24. The molecule has 0 bridgehead atoms. The fourth-order valence-corrected chi connectivity index (χ4v) is 4.82. The number of hydrogen-bond donors (Lipinski definition) is 1. The standard InChI is InChI=1S/C20H18O3S2/c1-3-12-9-14(10-13(4-2)19(12)20(22)23)16-7-8-18(25-16)17-6-5-15(11-21)24-17/h5-11H,3-4H2,1-2H3,(H,22,23). The zero-order valence-corrected chi connectivity index (χ0v) is 15.7. The van der Waals surface area contributed by atoms with Crippen LogP contribution < -0.4 is 0 Å². The minimum absolute atomic E-state index is 0.444. The molecule has 25 heavy (non-hydrogen) atoms. The summed E-state index contributed by atoms with van der Waals surface area (Å²) in [5.74, 6) is -0.855. The molecule has 0 saturated carbocycles. The van der Waals surface area contributed by atoms with E-state index in [0.29, 0.717) is 18.4 Å². The number of carboxylic acid groups (broad SMARTS) is 1. The van der Waals surface area contributed by atoms with Crippen LogP contribution in [0.15, 0.2) is 36.4 Å². The Morgan fingerprint density at radius 3 is 2.04 bits per heavy atom. The molecule has 0 aliphatic rings. The van der Waals surface area contributed by atoms with Crippen LogP contribution in [0.4, 0.5) is 0 Å². The summed E-state index contributed by atoms with van der Waals surface area (Å²) in [5.41, 5.74) is 3.24. The molecule has 0 aliphatic heterocycles. The van der Waals surface area contributed by atoms with Gasteiger partial charge in [-0.15, -0.1) is 22.7 Å². The van der Waals surface area contributed by atoms with Crippen molar-refractivity contribution in [2.45, 2.75) is 26.7 Å². The predicted molar refractivity (Wildman–Crippen MR) is 104 cm³/mol. The normalized spacial score (nSPS) is 10.8. The molecule has 3 aromatic rings. The maximum atomic E-state index is 11.6. The van der Waals surface area contributed by atoms with E-state index in [4.69, 9.17) is 0 Å². The second-order valence-corrected chi connectivity index (χ2v) is 7.86. The highest BCUT2D eigenvalue weighted by molar-refractivity contribution is 7.24. The van der Waals surface area contributed by atoms with Crippen LogP contribution in [0.25, 0.3) is 20.2 Å². The summed E-state index contributed by atoms with van der Waals surface area (Å²) in [7, 11) is 0. The number of benzene rings is 1. The largest absolute Gasteiger partial charge is 0.478 e. The second-order valence-electron chi connectivity index (χ2n) is 5.67. The molecule has 0 amide bonds. The molecule has 0 aliphatic carbocycles. The van der Waals surface area contributed by atoms with Crippen LogP contribution in [-0.2, 0) is 12.8 Å². The Morgan fingerprint density at radius 1 is 0.960 bits per heavy atom. The first kappa shape index (κ1) is 17.6. The number of hydrogen-bond acceptors (Lipinski definition) is 4. The van der Waals surface area contributed by atoms with Crippen molar-refractivity contribution in [1.29, 1.82) is 0 Å². The number of aromatic carboxylic acids is 1. The lowest BCUT2D eigenvalue weighted by atomic mass is 9.94. The summed E-state index contributed by atoms with van der Waals surface area (Å²) in [6.45, 7) is 3.97. The molecule has 0 radical (unpaired) electrons. The van der Waals surface area contributed by atoms with Crippen LogP contribution >= 0.6 is 22.7 Å². The van der Waals surface area contributed by atoms with Crippen molar-refractivity contribution in [2.75, 3.05) is 0 Å². The number of rotatable bonds is 6. The van der Waals surface area contributed by atoms with Crippen LogP contribution in [0.3, 0.4) is 0 Å². The van der Waals surface area contributed by atoms with E-state index in [1.165, 1.54) is 11.3 Å². The van der Waals surface area contributed by atoms with Gasteiger partial charge < -0.3 is 5.11 Å².